The van der Waals surface area contributed by atoms with Crippen molar-refractivity contribution in [3.8, 4) is 5.75 Å². The summed E-state index contributed by atoms with van der Waals surface area (Å²) < 4.78 is 6.06. The second-order valence-electron chi connectivity index (χ2n) is 3.51. The highest BCUT2D eigenvalue weighted by atomic mass is 79.9. The minimum absolute atomic E-state index is 0.115. The fourth-order valence-corrected chi connectivity index (χ4v) is 2.03. The average molecular weight is 345 g/mol. The van der Waals surface area contributed by atoms with Gasteiger partial charge in [0, 0.05) is 23.3 Å². The lowest BCUT2D eigenvalue weighted by Crippen LogP contribution is -2.03. The molecule has 0 saturated heterocycles. The number of nitrogens with zero attached hydrogens (tertiary/aromatic N) is 3. The standard InChI is InChI=1S/C11H11BrClN5O/c1-14-10-16-9(13)17-11(18-10)15-7-3-6(12)4-8(5-7)19-2/h3-5H,1-2H3,(H2,14,15,16,17,18). The van der Waals surface area contributed by atoms with E-state index in [1.807, 2.05) is 18.2 Å². The smallest absolute Gasteiger partial charge is 0.233 e. The molecule has 0 spiro atoms. The van der Waals surface area contributed by atoms with Gasteiger partial charge < -0.3 is 15.4 Å². The molecular weight excluding hydrogens is 334 g/mol. The Morgan fingerprint density at radius 1 is 1.16 bits per heavy atom. The number of rotatable bonds is 4. The molecular formula is C11H11BrClN5O. The molecule has 2 rings (SSSR count). The predicted molar refractivity (Wildman–Crippen MR) is 78.4 cm³/mol. The minimum Gasteiger partial charge on any atom is -0.497 e. The molecule has 0 bridgehead atoms. The molecule has 0 aliphatic rings. The van der Waals surface area contributed by atoms with Crippen molar-refractivity contribution in [2.24, 2.45) is 0 Å². The summed E-state index contributed by atoms with van der Waals surface area (Å²) >= 11 is 9.21. The monoisotopic (exact) mass is 343 g/mol. The molecule has 0 aliphatic heterocycles. The van der Waals surface area contributed by atoms with Crippen LogP contribution in [0.3, 0.4) is 0 Å². The lowest BCUT2D eigenvalue weighted by molar-refractivity contribution is 0.415. The van der Waals surface area contributed by atoms with Gasteiger partial charge in [0.15, 0.2) is 0 Å². The van der Waals surface area contributed by atoms with E-state index < -0.39 is 0 Å². The summed E-state index contributed by atoms with van der Waals surface area (Å²) in [6.45, 7) is 0. The first-order chi connectivity index (χ1) is 9.10. The first kappa shape index (κ1) is 13.8. The van der Waals surface area contributed by atoms with Gasteiger partial charge in [-0.05, 0) is 23.7 Å². The van der Waals surface area contributed by atoms with E-state index in [2.05, 4.69) is 41.5 Å². The molecule has 2 N–H and O–H groups in total. The van der Waals surface area contributed by atoms with E-state index >= 15 is 0 Å². The molecule has 8 heteroatoms. The van der Waals surface area contributed by atoms with Gasteiger partial charge >= 0.3 is 0 Å². The molecule has 0 atom stereocenters. The normalized spacial score (nSPS) is 10.1. The Balaban J connectivity index is 2.30. The molecule has 1 heterocycles. The number of aromatic nitrogens is 3. The molecule has 19 heavy (non-hydrogen) atoms. The van der Waals surface area contributed by atoms with Crippen LogP contribution in [0.5, 0.6) is 5.75 Å². The highest BCUT2D eigenvalue weighted by Gasteiger charge is 2.06. The largest absolute Gasteiger partial charge is 0.497 e. The number of hydrogen-bond donors (Lipinski definition) is 2. The van der Waals surface area contributed by atoms with Gasteiger partial charge in [0.1, 0.15) is 5.75 Å². The van der Waals surface area contributed by atoms with Gasteiger partial charge in [0.2, 0.25) is 17.2 Å². The third-order valence-electron chi connectivity index (χ3n) is 2.19. The Morgan fingerprint density at radius 3 is 2.58 bits per heavy atom. The summed E-state index contributed by atoms with van der Waals surface area (Å²) in [6, 6.07) is 5.55. The molecule has 0 amide bonds. The second-order valence-corrected chi connectivity index (χ2v) is 4.76. The first-order valence-corrected chi connectivity index (χ1v) is 6.48. The molecule has 0 radical (unpaired) electrons. The van der Waals surface area contributed by atoms with Crippen LogP contribution in [0.15, 0.2) is 22.7 Å². The van der Waals surface area contributed by atoms with Crippen LogP contribution in [-0.2, 0) is 0 Å². The highest BCUT2D eigenvalue weighted by Crippen LogP contribution is 2.26. The van der Waals surface area contributed by atoms with Crippen LogP contribution in [0.2, 0.25) is 5.28 Å². The number of hydrogen-bond acceptors (Lipinski definition) is 6. The van der Waals surface area contributed by atoms with Crippen LogP contribution >= 0.6 is 27.5 Å². The molecule has 2 aromatic rings. The first-order valence-electron chi connectivity index (χ1n) is 5.31. The van der Waals surface area contributed by atoms with Crippen molar-refractivity contribution >= 4 is 45.1 Å². The number of methoxy groups -OCH3 is 1. The Kier molecular flexibility index (Phi) is 4.39. The van der Waals surface area contributed by atoms with Gasteiger partial charge in [-0.1, -0.05) is 15.9 Å². The zero-order chi connectivity index (χ0) is 13.8. The molecule has 0 fully saturated rings. The molecule has 0 unspecified atom stereocenters. The summed E-state index contributed by atoms with van der Waals surface area (Å²) in [5, 5.41) is 5.96. The Hall–Kier alpha value is -1.60. The van der Waals surface area contributed by atoms with E-state index in [1.165, 1.54) is 0 Å². The highest BCUT2D eigenvalue weighted by molar-refractivity contribution is 9.10. The van der Waals surface area contributed by atoms with Crippen LogP contribution in [0.1, 0.15) is 0 Å². The summed E-state index contributed by atoms with van der Waals surface area (Å²) in [5.74, 6) is 1.46. The van der Waals surface area contributed by atoms with E-state index in [1.54, 1.807) is 14.2 Å². The average Bonchev–Trinajstić information content (AvgIpc) is 2.37. The Morgan fingerprint density at radius 2 is 1.89 bits per heavy atom. The van der Waals surface area contributed by atoms with E-state index in [0.29, 0.717) is 17.6 Å². The van der Waals surface area contributed by atoms with Gasteiger partial charge in [0.05, 0.1) is 7.11 Å². The van der Waals surface area contributed by atoms with Crippen molar-refractivity contribution in [1.29, 1.82) is 0 Å². The third kappa shape index (κ3) is 3.68. The van der Waals surface area contributed by atoms with E-state index in [-0.39, 0.29) is 5.28 Å². The Labute approximate surface area is 123 Å². The molecule has 0 aliphatic carbocycles. The molecule has 100 valence electrons. The third-order valence-corrected chi connectivity index (χ3v) is 2.82. The van der Waals surface area contributed by atoms with Crippen molar-refractivity contribution in [3.63, 3.8) is 0 Å². The van der Waals surface area contributed by atoms with Crippen molar-refractivity contribution < 1.29 is 4.74 Å². The molecule has 1 aromatic carbocycles. The summed E-state index contributed by atoms with van der Waals surface area (Å²) in [6.07, 6.45) is 0. The van der Waals surface area contributed by atoms with Crippen LogP contribution in [0, 0.1) is 0 Å². The predicted octanol–water partition coefficient (Wildman–Crippen LogP) is 3.08. The maximum atomic E-state index is 5.81. The number of benzene rings is 1. The molecule has 0 saturated carbocycles. The fourth-order valence-electron chi connectivity index (χ4n) is 1.40. The van der Waals surface area contributed by atoms with Crippen LogP contribution in [-0.4, -0.2) is 29.1 Å². The Bertz CT molecular complexity index is 544. The van der Waals surface area contributed by atoms with Gasteiger partial charge in [0.25, 0.3) is 0 Å². The topological polar surface area (TPSA) is 72.0 Å². The molecule has 6 nitrogen and oxygen atoms in total. The van der Waals surface area contributed by atoms with E-state index in [4.69, 9.17) is 16.3 Å². The number of halogens is 2. The maximum absolute atomic E-state index is 5.81. The summed E-state index contributed by atoms with van der Waals surface area (Å²) in [7, 11) is 3.31. The number of nitrogens with one attached hydrogen (secondary N) is 2. The molecule has 1 aromatic heterocycles. The van der Waals surface area contributed by atoms with Gasteiger partial charge in [-0.25, -0.2) is 0 Å². The number of ether oxygens (including phenoxy) is 1. The second kappa shape index (κ2) is 6.03. The van der Waals surface area contributed by atoms with E-state index in [0.717, 1.165) is 10.2 Å². The van der Waals surface area contributed by atoms with Gasteiger partial charge in [-0.15, -0.1) is 0 Å². The SMILES string of the molecule is CNc1nc(Cl)nc(Nc2cc(Br)cc(OC)c2)n1. The van der Waals surface area contributed by atoms with Crippen LogP contribution < -0.4 is 15.4 Å². The quantitative estimate of drug-likeness (QED) is 0.888. The van der Waals surface area contributed by atoms with Crippen molar-refractivity contribution in [3.05, 3.63) is 28.0 Å². The zero-order valence-corrected chi connectivity index (χ0v) is 12.6. The minimum atomic E-state index is 0.115. The maximum Gasteiger partial charge on any atom is 0.233 e. The van der Waals surface area contributed by atoms with Crippen LogP contribution in [0.4, 0.5) is 17.6 Å². The van der Waals surface area contributed by atoms with Crippen LogP contribution in [0.25, 0.3) is 0 Å². The van der Waals surface area contributed by atoms with Crippen molar-refractivity contribution in [2.45, 2.75) is 0 Å². The number of anilines is 3. The zero-order valence-electron chi connectivity index (χ0n) is 10.2. The van der Waals surface area contributed by atoms with Gasteiger partial charge in [-0.3, -0.25) is 0 Å². The lowest BCUT2D eigenvalue weighted by atomic mass is 10.3. The lowest BCUT2D eigenvalue weighted by Gasteiger charge is -2.08. The van der Waals surface area contributed by atoms with Gasteiger partial charge in [-0.2, -0.15) is 15.0 Å². The van der Waals surface area contributed by atoms with Crippen molar-refractivity contribution in [2.75, 3.05) is 24.8 Å². The van der Waals surface area contributed by atoms with E-state index in [9.17, 15) is 0 Å². The van der Waals surface area contributed by atoms with Crippen molar-refractivity contribution in [1.82, 2.24) is 15.0 Å². The fraction of sp³-hybridized carbons (Fsp3) is 0.182. The summed E-state index contributed by atoms with van der Waals surface area (Å²) in [4.78, 5) is 12.0. The summed E-state index contributed by atoms with van der Waals surface area (Å²) in [5.41, 5.74) is 0.774.